The summed E-state index contributed by atoms with van der Waals surface area (Å²) < 4.78 is 0. The lowest BCUT2D eigenvalue weighted by atomic mass is 9.67. The molecule has 1 saturated heterocycles. The number of aliphatic hydroxyl groups is 1. The molecule has 4 heteroatoms. The molecule has 1 unspecified atom stereocenters. The average Bonchev–Trinajstić information content (AvgIpc) is 2.28. The van der Waals surface area contributed by atoms with Crippen LogP contribution in [0.15, 0.2) is 0 Å². The van der Waals surface area contributed by atoms with E-state index in [1.54, 1.807) is 0 Å². The van der Waals surface area contributed by atoms with E-state index in [4.69, 9.17) is 5.73 Å². The van der Waals surface area contributed by atoms with Crippen molar-refractivity contribution in [3.05, 3.63) is 0 Å². The van der Waals surface area contributed by atoms with Gasteiger partial charge in [-0.1, -0.05) is 6.42 Å². The maximum absolute atomic E-state index is 12.4. The van der Waals surface area contributed by atoms with Crippen molar-refractivity contribution in [1.82, 2.24) is 4.90 Å². The summed E-state index contributed by atoms with van der Waals surface area (Å²) in [7, 11) is 0. The summed E-state index contributed by atoms with van der Waals surface area (Å²) in [5.41, 5.74) is 5.47. The summed E-state index contributed by atoms with van der Waals surface area (Å²) in [5.74, 6) is 0.194. The molecule has 2 rings (SSSR count). The molecular formula is C12H22N2O2. The predicted molar refractivity (Wildman–Crippen MR) is 61.8 cm³/mol. The number of likely N-dealkylation sites (tertiary alicyclic amines) is 1. The second-order valence-corrected chi connectivity index (χ2v) is 5.17. The van der Waals surface area contributed by atoms with Gasteiger partial charge in [0.25, 0.3) is 0 Å². The fourth-order valence-electron chi connectivity index (χ4n) is 2.87. The fourth-order valence-corrected chi connectivity index (χ4v) is 2.87. The van der Waals surface area contributed by atoms with Gasteiger partial charge in [-0.15, -0.1) is 0 Å². The number of piperidine rings is 1. The lowest BCUT2D eigenvalue weighted by Gasteiger charge is -2.46. The lowest BCUT2D eigenvalue weighted by molar-refractivity contribution is -0.151. The van der Waals surface area contributed by atoms with Gasteiger partial charge in [-0.2, -0.15) is 0 Å². The fraction of sp³-hybridized carbons (Fsp3) is 0.917. The molecule has 4 nitrogen and oxygen atoms in total. The number of aliphatic hydroxyl groups excluding tert-OH is 1. The molecule has 2 fully saturated rings. The molecule has 16 heavy (non-hydrogen) atoms. The zero-order valence-electron chi connectivity index (χ0n) is 9.82. The standard InChI is InChI=1S/C12H22N2O2/c13-9-12(5-3-6-12)11(16)14-7-2-1-4-10(14)8-15/h10,15H,1-9,13H2. The molecule has 1 atom stereocenters. The summed E-state index contributed by atoms with van der Waals surface area (Å²) in [6, 6.07) is 0.0327. The van der Waals surface area contributed by atoms with Crippen molar-refractivity contribution in [1.29, 1.82) is 0 Å². The molecule has 0 bridgehead atoms. The number of amides is 1. The Hall–Kier alpha value is -0.610. The molecule has 0 spiro atoms. The lowest BCUT2D eigenvalue weighted by Crippen LogP contribution is -2.56. The Morgan fingerprint density at radius 1 is 1.38 bits per heavy atom. The third-order valence-electron chi connectivity index (χ3n) is 4.25. The molecule has 1 heterocycles. The van der Waals surface area contributed by atoms with Crippen LogP contribution in [0, 0.1) is 5.41 Å². The summed E-state index contributed by atoms with van der Waals surface area (Å²) in [6.07, 6.45) is 6.07. The van der Waals surface area contributed by atoms with E-state index < -0.39 is 0 Å². The molecule has 1 saturated carbocycles. The van der Waals surface area contributed by atoms with Crippen LogP contribution in [0.3, 0.4) is 0 Å². The van der Waals surface area contributed by atoms with E-state index in [0.717, 1.165) is 45.1 Å². The first-order valence-electron chi connectivity index (χ1n) is 6.35. The molecule has 0 aromatic heterocycles. The molecule has 0 aromatic rings. The Bertz CT molecular complexity index is 258. The maximum Gasteiger partial charge on any atom is 0.230 e. The van der Waals surface area contributed by atoms with Gasteiger partial charge in [-0.3, -0.25) is 4.79 Å². The van der Waals surface area contributed by atoms with E-state index in [-0.39, 0.29) is 24.0 Å². The van der Waals surface area contributed by atoms with Crippen LogP contribution < -0.4 is 5.73 Å². The Labute approximate surface area is 96.8 Å². The van der Waals surface area contributed by atoms with Crippen molar-refractivity contribution in [2.24, 2.45) is 11.1 Å². The molecule has 2 aliphatic rings. The van der Waals surface area contributed by atoms with Crippen molar-refractivity contribution in [3.8, 4) is 0 Å². The van der Waals surface area contributed by atoms with Gasteiger partial charge in [0, 0.05) is 13.1 Å². The minimum atomic E-state index is -0.287. The molecule has 0 radical (unpaired) electrons. The number of carbonyl (C=O) groups excluding carboxylic acids is 1. The van der Waals surface area contributed by atoms with E-state index in [1.807, 2.05) is 4.90 Å². The van der Waals surface area contributed by atoms with Gasteiger partial charge in [-0.05, 0) is 32.1 Å². The molecule has 3 N–H and O–H groups in total. The largest absolute Gasteiger partial charge is 0.394 e. The van der Waals surface area contributed by atoms with Gasteiger partial charge >= 0.3 is 0 Å². The Balaban J connectivity index is 2.07. The monoisotopic (exact) mass is 226 g/mol. The summed E-state index contributed by atoms with van der Waals surface area (Å²) in [6.45, 7) is 1.35. The highest BCUT2D eigenvalue weighted by atomic mass is 16.3. The molecule has 1 amide bonds. The van der Waals surface area contributed by atoms with Crippen LogP contribution in [0.1, 0.15) is 38.5 Å². The van der Waals surface area contributed by atoms with E-state index in [1.165, 1.54) is 0 Å². The molecule has 0 aromatic carbocycles. The van der Waals surface area contributed by atoms with Gasteiger partial charge in [-0.25, -0.2) is 0 Å². The average molecular weight is 226 g/mol. The van der Waals surface area contributed by atoms with Crippen molar-refractivity contribution in [3.63, 3.8) is 0 Å². The molecule has 92 valence electrons. The molecular weight excluding hydrogens is 204 g/mol. The first kappa shape index (κ1) is 11.9. The Morgan fingerprint density at radius 3 is 2.62 bits per heavy atom. The van der Waals surface area contributed by atoms with Crippen molar-refractivity contribution in [2.75, 3.05) is 19.7 Å². The topological polar surface area (TPSA) is 66.6 Å². The Morgan fingerprint density at radius 2 is 2.12 bits per heavy atom. The number of hydrogen-bond acceptors (Lipinski definition) is 3. The van der Waals surface area contributed by atoms with Crippen molar-refractivity contribution < 1.29 is 9.90 Å². The predicted octanol–water partition coefficient (Wildman–Crippen LogP) is 0.489. The van der Waals surface area contributed by atoms with Gasteiger partial charge in [0.2, 0.25) is 5.91 Å². The number of carbonyl (C=O) groups is 1. The highest BCUT2D eigenvalue weighted by Gasteiger charge is 2.46. The summed E-state index contributed by atoms with van der Waals surface area (Å²) >= 11 is 0. The third-order valence-corrected chi connectivity index (χ3v) is 4.25. The second-order valence-electron chi connectivity index (χ2n) is 5.17. The number of hydrogen-bond donors (Lipinski definition) is 2. The quantitative estimate of drug-likeness (QED) is 0.736. The number of nitrogens with zero attached hydrogens (tertiary/aromatic N) is 1. The highest BCUT2D eigenvalue weighted by molar-refractivity contribution is 5.84. The highest BCUT2D eigenvalue weighted by Crippen LogP contribution is 2.42. The zero-order chi connectivity index (χ0) is 11.6. The van der Waals surface area contributed by atoms with Gasteiger partial charge in [0.05, 0.1) is 18.1 Å². The van der Waals surface area contributed by atoms with E-state index >= 15 is 0 Å². The van der Waals surface area contributed by atoms with Crippen LogP contribution in [-0.2, 0) is 4.79 Å². The second kappa shape index (κ2) is 4.72. The van der Waals surface area contributed by atoms with Crippen LogP contribution in [0.4, 0.5) is 0 Å². The zero-order valence-corrected chi connectivity index (χ0v) is 9.82. The van der Waals surface area contributed by atoms with Crippen molar-refractivity contribution in [2.45, 2.75) is 44.6 Å². The third kappa shape index (κ3) is 1.84. The molecule has 1 aliphatic heterocycles. The van der Waals surface area contributed by atoms with Crippen molar-refractivity contribution >= 4 is 5.91 Å². The van der Waals surface area contributed by atoms with Crippen LogP contribution in [-0.4, -0.2) is 41.7 Å². The maximum atomic E-state index is 12.4. The van der Waals surface area contributed by atoms with E-state index in [0.29, 0.717) is 6.54 Å². The minimum Gasteiger partial charge on any atom is -0.394 e. The van der Waals surface area contributed by atoms with Crippen LogP contribution in [0.2, 0.25) is 0 Å². The summed E-state index contributed by atoms with van der Waals surface area (Å²) in [5, 5.41) is 9.31. The number of nitrogens with two attached hydrogens (primary N) is 1. The van der Waals surface area contributed by atoms with Crippen LogP contribution >= 0.6 is 0 Å². The normalized spacial score (nSPS) is 28.6. The van der Waals surface area contributed by atoms with Crippen LogP contribution in [0.5, 0.6) is 0 Å². The van der Waals surface area contributed by atoms with Gasteiger partial charge in [0.1, 0.15) is 0 Å². The first-order valence-corrected chi connectivity index (χ1v) is 6.35. The molecule has 1 aliphatic carbocycles. The Kier molecular flexibility index (Phi) is 3.50. The smallest absolute Gasteiger partial charge is 0.230 e. The first-order chi connectivity index (χ1) is 7.73. The minimum absolute atomic E-state index is 0.0327. The van der Waals surface area contributed by atoms with Crippen LogP contribution in [0.25, 0.3) is 0 Å². The van der Waals surface area contributed by atoms with Gasteiger partial charge in [0.15, 0.2) is 0 Å². The van der Waals surface area contributed by atoms with E-state index in [2.05, 4.69) is 0 Å². The summed E-state index contributed by atoms with van der Waals surface area (Å²) in [4.78, 5) is 14.3. The SMILES string of the molecule is NCC1(C(=O)N2CCCCC2CO)CCC1. The number of rotatable bonds is 3. The van der Waals surface area contributed by atoms with E-state index in [9.17, 15) is 9.90 Å². The van der Waals surface area contributed by atoms with Gasteiger partial charge < -0.3 is 15.7 Å².